The van der Waals surface area contributed by atoms with Gasteiger partial charge in [-0.1, -0.05) is 12.1 Å². The Morgan fingerprint density at radius 3 is 3.00 bits per heavy atom. The predicted octanol–water partition coefficient (Wildman–Crippen LogP) is 2.66. The Kier molecular flexibility index (Phi) is 4.78. The van der Waals surface area contributed by atoms with E-state index in [9.17, 15) is 9.90 Å². The maximum absolute atomic E-state index is 11.9. The van der Waals surface area contributed by atoms with Gasteiger partial charge in [-0.2, -0.15) is 0 Å². The van der Waals surface area contributed by atoms with E-state index < -0.39 is 5.91 Å². The van der Waals surface area contributed by atoms with Crippen molar-refractivity contribution in [2.75, 3.05) is 7.11 Å². The van der Waals surface area contributed by atoms with Crippen LogP contribution in [-0.4, -0.2) is 23.1 Å². The number of benzene rings is 1. The maximum atomic E-state index is 11.9. The number of hydrazine groups is 2. The van der Waals surface area contributed by atoms with E-state index >= 15 is 0 Å². The molecule has 1 aliphatic heterocycles. The molecule has 0 spiro atoms. The highest BCUT2D eigenvalue weighted by molar-refractivity contribution is 7.99. The third-order valence-corrected chi connectivity index (χ3v) is 4.11. The van der Waals surface area contributed by atoms with Gasteiger partial charge in [-0.25, -0.2) is 5.01 Å². The minimum absolute atomic E-state index is 0.183. The van der Waals surface area contributed by atoms with Crippen LogP contribution in [0.25, 0.3) is 5.76 Å². The number of methoxy groups -OCH3 is 1. The first-order chi connectivity index (χ1) is 11.7. The number of aliphatic hydroxyl groups excluding tert-OH is 1. The van der Waals surface area contributed by atoms with Crippen molar-refractivity contribution in [3.8, 4) is 5.75 Å². The fourth-order valence-electron chi connectivity index (χ4n) is 1.97. The largest absolute Gasteiger partial charge is 0.507 e. The molecule has 2 aromatic rings. The minimum Gasteiger partial charge on any atom is -0.507 e. The number of amides is 1. The van der Waals surface area contributed by atoms with E-state index in [4.69, 9.17) is 9.15 Å². The highest BCUT2D eigenvalue weighted by atomic mass is 32.2. The molecule has 1 aliphatic rings. The molecule has 0 unspecified atom stereocenters. The molecule has 0 saturated heterocycles. The average Bonchev–Trinajstić information content (AvgIpc) is 3.27. The molecule has 1 amide bonds. The van der Waals surface area contributed by atoms with E-state index in [0.717, 1.165) is 16.7 Å². The Morgan fingerprint density at radius 2 is 2.25 bits per heavy atom. The predicted molar refractivity (Wildman–Crippen MR) is 88.7 cm³/mol. The zero-order valence-corrected chi connectivity index (χ0v) is 13.5. The Labute approximate surface area is 142 Å². The van der Waals surface area contributed by atoms with Gasteiger partial charge in [0.1, 0.15) is 17.8 Å². The van der Waals surface area contributed by atoms with Crippen LogP contribution < -0.4 is 15.7 Å². The molecule has 2 heterocycles. The SMILES string of the molecule is COc1ccccc1Sc1cc(C(O)=CC(=O)N2C=CNN2)co1. The van der Waals surface area contributed by atoms with Gasteiger partial charge in [0.2, 0.25) is 0 Å². The Morgan fingerprint density at radius 1 is 1.42 bits per heavy atom. The van der Waals surface area contributed by atoms with E-state index in [1.54, 1.807) is 19.4 Å². The molecule has 8 heteroatoms. The van der Waals surface area contributed by atoms with Crippen LogP contribution in [0, 0.1) is 0 Å². The van der Waals surface area contributed by atoms with Gasteiger partial charge >= 0.3 is 0 Å². The van der Waals surface area contributed by atoms with Crippen LogP contribution in [-0.2, 0) is 4.79 Å². The number of para-hydroxylation sites is 1. The molecule has 0 atom stereocenters. The maximum Gasteiger partial charge on any atom is 0.270 e. The van der Waals surface area contributed by atoms with Crippen molar-refractivity contribution in [1.82, 2.24) is 16.0 Å². The van der Waals surface area contributed by atoms with Crippen LogP contribution in [0.2, 0.25) is 0 Å². The first kappa shape index (κ1) is 16.0. The summed E-state index contributed by atoms with van der Waals surface area (Å²) in [7, 11) is 1.60. The quantitative estimate of drug-likeness (QED) is 0.567. The summed E-state index contributed by atoms with van der Waals surface area (Å²) in [4.78, 5) is 12.8. The molecule has 24 heavy (non-hydrogen) atoms. The van der Waals surface area contributed by atoms with Gasteiger partial charge in [0.05, 0.1) is 17.6 Å². The van der Waals surface area contributed by atoms with Crippen molar-refractivity contribution in [3.63, 3.8) is 0 Å². The van der Waals surface area contributed by atoms with Gasteiger partial charge in [-0.3, -0.25) is 4.79 Å². The summed E-state index contributed by atoms with van der Waals surface area (Å²) < 4.78 is 10.7. The molecule has 0 saturated carbocycles. The number of nitrogens with zero attached hydrogens (tertiary/aromatic N) is 1. The molecule has 1 aromatic heterocycles. The van der Waals surface area contributed by atoms with Crippen LogP contribution in [0.15, 0.2) is 69.5 Å². The minimum atomic E-state index is -0.422. The lowest BCUT2D eigenvalue weighted by Gasteiger charge is -2.10. The van der Waals surface area contributed by atoms with Crippen LogP contribution in [0.3, 0.4) is 0 Å². The smallest absolute Gasteiger partial charge is 0.270 e. The lowest BCUT2D eigenvalue weighted by atomic mass is 10.2. The molecule has 0 fully saturated rings. The van der Waals surface area contributed by atoms with Gasteiger partial charge in [0.15, 0.2) is 5.09 Å². The molecular weight excluding hydrogens is 330 g/mol. The molecule has 1 aromatic carbocycles. The fraction of sp³-hybridized carbons (Fsp3) is 0.0625. The molecule has 3 N–H and O–H groups in total. The number of ether oxygens (including phenoxy) is 1. The molecule has 0 radical (unpaired) electrons. The Balaban J connectivity index is 1.73. The topological polar surface area (TPSA) is 87.0 Å². The number of carbonyl (C=O) groups excluding carboxylic acids is 1. The highest BCUT2D eigenvalue weighted by Crippen LogP contribution is 2.36. The summed E-state index contributed by atoms with van der Waals surface area (Å²) >= 11 is 1.36. The van der Waals surface area contributed by atoms with Crippen LogP contribution in [0.4, 0.5) is 0 Å². The monoisotopic (exact) mass is 345 g/mol. The van der Waals surface area contributed by atoms with Crippen molar-refractivity contribution in [3.05, 3.63) is 60.6 Å². The summed E-state index contributed by atoms with van der Waals surface area (Å²) in [6.45, 7) is 0. The van der Waals surface area contributed by atoms with Crippen LogP contribution >= 0.6 is 11.8 Å². The Hall–Kier alpha value is -2.84. The second-order valence-electron chi connectivity index (χ2n) is 4.72. The Bertz CT molecular complexity index is 800. The van der Waals surface area contributed by atoms with Gasteiger partial charge in [0, 0.05) is 24.5 Å². The van der Waals surface area contributed by atoms with Crippen molar-refractivity contribution >= 4 is 23.4 Å². The summed E-state index contributed by atoms with van der Waals surface area (Å²) in [5.41, 5.74) is 5.64. The number of hydrogen-bond donors (Lipinski definition) is 3. The molecule has 7 nitrogen and oxygen atoms in total. The van der Waals surface area contributed by atoms with Gasteiger partial charge < -0.3 is 19.7 Å². The lowest BCUT2D eigenvalue weighted by Crippen LogP contribution is -2.39. The normalized spacial score (nSPS) is 13.9. The van der Waals surface area contributed by atoms with E-state index in [2.05, 4.69) is 11.0 Å². The fourth-order valence-corrected chi connectivity index (χ4v) is 2.87. The number of aliphatic hydroxyl groups is 1. The van der Waals surface area contributed by atoms with E-state index in [-0.39, 0.29) is 5.76 Å². The van der Waals surface area contributed by atoms with Crippen molar-refractivity contribution in [2.24, 2.45) is 0 Å². The van der Waals surface area contributed by atoms with E-state index in [1.165, 1.54) is 29.2 Å². The van der Waals surface area contributed by atoms with Crippen LogP contribution in [0.1, 0.15) is 5.56 Å². The third kappa shape index (κ3) is 3.55. The van der Waals surface area contributed by atoms with E-state index in [0.29, 0.717) is 10.7 Å². The van der Waals surface area contributed by atoms with Gasteiger partial charge in [-0.15, -0.1) is 5.53 Å². The van der Waals surface area contributed by atoms with Crippen LogP contribution in [0.5, 0.6) is 5.75 Å². The second kappa shape index (κ2) is 7.16. The van der Waals surface area contributed by atoms with Crippen molar-refractivity contribution in [2.45, 2.75) is 9.99 Å². The number of nitrogens with one attached hydrogen (secondary N) is 2. The molecule has 3 rings (SSSR count). The summed E-state index contributed by atoms with van der Waals surface area (Å²) in [5.74, 6) is 0.126. The standard InChI is InChI=1S/C16H15N3O4S/c1-22-13-4-2-3-5-14(13)24-16-8-11(10-23-16)12(20)9-15(21)19-7-6-17-18-19/h2-10,17-18,20H,1H3. The highest BCUT2D eigenvalue weighted by Gasteiger charge is 2.14. The van der Waals surface area contributed by atoms with E-state index in [1.807, 2.05) is 24.3 Å². The summed E-state index contributed by atoms with van der Waals surface area (Å²) in [6.07, 6.45) is 5.56. The molecule has 124 valence electrons. The lowest BCUT2D eigenvalue weighted by molar-refractivity contribution is -0.125. The average molecular weight is 345 g/mol. The number of hydrogen-bond acceptors (Lipinski definition) is 7. The summed E-state index contributed by atoms with van der Waals surface area (Å²) in [6, 6.07) is 9.19. The first-order valence-corrected chi connectivity index (χ1v) is 7.80. The molecule has 0 aliphatic carbocycles. The first-order valence-electron chi connectivity index (χ1n) is 6.99. The molecule has 0 bridgehead atoms. The zero-order chi connectivity index (χ0) is 16.9. The molecular formula is C16H15N3O4S. The van der Waals surface area contributed by atoms with Crippen molar-refractivity contribution in [1.29, 1.82) is 0 Å². The van der Waals surface area contributed by atoms with Crippen molar-refractivity contribution < 1.29 is 19.1 Å². The number of carbonyl (C=O) groups is 1. The third-order valence-electron chi connectivity index (χ3n) is 3.14. The van der Waals surface area contributed by atoms with Gasteiger partial charge in [-0.05, 0) is 23.9 Å². The number of furan rings is 1. The summed E-state index contributed by atoms with van der Waals surface area (Å²) in [5, 5.41) is 11.8. The zero-order valence-electron chi connectivity index (χ0n) is 12.7. The second-order valence-corrected chi connectivity index (χ2v) is 5.76. The van der Waals surface area contributed by atoms with Gasteiger partial charge in [0.25, 0.3) is 5.91 Å². The number of rotatable bonds is 5.